The standard InChI is InChI=1S/C16H19NO2S/c1-12(2)17(11-15-7-4-8-20-15)10-13-5-3-6-14(9-13)16(18)19/h3-9,12H,10-11H2,1-2H3,(H,18,19). The van der Waals surface area contributed by atoms with E-state index in [1.165, 1.54) is 4.88 Å². The van der Waals surface area contributed by atoms with Crippen molar-refractivity contribution in [2.45, 2.75) is 33.0 Å². The van der Waals surface area contributed by atoms with Gasteiger partial charge in [-0.05, 0) is 43.0 Å². The first-order chi connectivity index (χ1) is 9.56. The van der Waals surface area contributed by atoms with Crippen LogP contribution in [0.15, 0.2) is 41.8 Å². The smallest absolute Gasteiger partial charge is 0.335 e. The Hall–Kier alpha value is -1.65. The van der Waals surface area contributed by atoms with Crippen molar-refractivity contribution in [3.05, 3.63) is 57.8 Å². The van der Waals surface area contributed by atoms with E-state index in [1.54, 1.807) is 23.5 Å². The molecule has 20 heavy (non-hydrogen) atoms. The van der Waals surface area contributed by atoms with Crippen molar-refractivity contribution in [2.24, 2.45) is 0 Å². The molecule has 1 aromatic heterocycles. The lowest BCUT2D eigenvalue weighted by Gasteiger charge is -2.26. The van der Waals surface area contributed by atoms with Gasteiger partial charge in [0.25, 0.3) is 0 Å². The van der Waals surface area contributed by atoms with Crippen LogP contribution in [0, 0.1) is 0 Å². The van der Waals surface area contributed by atoms with Gasteiger partial charge in [-0.25, -0.2) is 4.79 Å². The third kappa shape index (κ3) is 3.92. The van der Waals surface area contributed by atoms with Crippen molar-refractivity contribution in [1.82, 2.24) is 4.90 Å². The van der Waals surface area contributed by atoms with Crippen LogP contribution in [0.1, 0.15) is 34.6 Å². The molecule has 0 fully saturated rings. The number of benzene rings is 1. The van der Waals surface area contributed by atoms with E-state index in [4.69, 9.17) is 5.11 Å². The minimum absolute atomic E-state index is 0.349. The summed E-state index contributed by atoms with van der Waals surface area (Å²) < 4.78 is 0. The lowest BCUT2D eigenvalue weighted by atomic mass is 10.1. The quantitative estimate of drug-likeness (QED) is 0.878. The summed E-state index contributed by atoms with van der Waals surface area (Å²) in [6, 6.07) is 11.8. The van der Waals surface area contributed by atoms with E-state index in [1.807, 2.05) is 12.1 Å². The third-order valence-corrected chi connectivity index (χ3v) is 4.09. The van der Waals surface area contributed by atoms with Gasteiger partial charge in [0.2, 0.25) is 0 Å². The number of carboxylic acids is 1. The first kappa shape index (κ1) is 14.8. The number of hydrogen-bond donors (Lipinski definition) is 1. The number of aromatic carboxylic acids is 1. The average Bonchev–Trinajstić information content (AvgIpc) is 2.91. The summed E-state index contributed by atoms with van der Waals surface area (Å²) >= 11 is 1.75. The second kappa shape index (κ2) is 6.68. The van der Waals surface area contributed by atoms with Gasteiger partial charge in [-0.1, -0.05) is 18.2 Å². The van der Waals surface area contributed by atoms with E-state index in [-0.39, 0.29) is 0 Å². The molecule has 4 heteroatoms. The fraction of sp³-hybridized carbons (Fsp3) is 0.312. The van der Waals surface area contributed by atoms with Crippen molar-refractivity contribution >= 4 is 17.3 Å². The molecule has 0 saturated carbocycles. The van der Waals surface area contributed by atoms with Crippen LogP contribution < -0.4 is 0 Å². The van der Waals surface area contributed by atoms with E-state index in [0.29, 0.717) is 11.6 Å². The van der Waals surface area contributed by atoms with E-state index >= 15 is 0 Å². The SMILES string of the molecule is CC(C)N(Cc1cccc(C(=O)O)c1)Cc1cccs1. The summed E-state index contributed by atoms with van der Waals surface area (Å²) in [7, 11) is 0. The van der Waals surface area contributed by atoms with E-state index < -0.39 is 5.97 Å². The molecule has 0 unspecified atom stereocenters. The molecule has 0 aliphatic heterocycles. The monoisotopic (exact) mass is 289 g/mol. The van der Waals surface area contributed by atoms with Gasteiger partial charge in [-0.2, -0.15) is 0 Å². The molecule has 2 aromatic rings. The van der Waals surface area contributed by atoms with Crippen LogP contribution in [0.3, 0.4) is 0 Å². The fourth-order valence-electron chi connectivity index (χ4n) is 2.06. The molecular formula is C16H19NO2S. The van der Waals surface area contributed by atoms with Crippen LogP contribution in [-0.2, 0) is 13.1 Å². The second-order valence-electron chi connectivity index (χ2n) is 5.08. The van der Waals surface area contributed by atoms with Gasteiger partial charge in [0.15, 0.2) is 0 Å². The molecular weight excluding hydrogens is 270 g/mol. The molecule has 1 heterocycles. The van der Waals surface area contributed by atoms with Crippen LogP contribution in [0.4, 0.5) is 0 Å². The zero-order valence-electron chi connectivity index (χ0n) is 11.7. The fourth-order valence-corrected chi connectivity index (χ4v) is 2.79. The first-order valence-electron chi connectivity index (χ1n) is 6.65. The number of rotatable bonds is 6. The summed E-state index contributed by atoms with van der Waals surface area (Å²) in [5.41, 5.74) is 1.39. The highest BCUT2D eigenvalue weighted by Gasteiger charge is 2.12. The van der Waals surface area contributed by atoms with Crippen molar-refractivity contribution in [1.29, 1.82) is 0 Å². The Morgan fingerprint density at radius 1 is 1.25 bits per heavy atom. The maximum absolute atomic E-state index is 11.0. The molecule has 2 rings (SSSR count). The Bertz CT molecular complexity index is 564. The van der Waals surface area contributed by atoms with Crippen LogP contribution in [0.25, 0.3) is 0 Å². The summed E-state index contributed by atoms with van der Waals surface area (Å²) in [4.78, 5) is 14.7. The maximum atomic E-state index is 11.0. The number of hydrogen-bond acceptors (Lipinski definition) is 3. The molecule has 0 atom stereocenters. The van der Waals surface area contributed by atoms with Gasteiger partial charge in [-0.15, -0.1) is 11.3 Å². The van der Waals surface area contributed by atoms with E-state index in [0.717, 1.165) is 18.7 Å². The Labute approximate surface area is 123 Å². The van der Waals surface area contributed by atoms with Gasteiger partial charge in [-0.3, -0.25) is 4.90 Å². The zero-order valence-corrected chi connectivity index (χ0v) is 12.6. The summed E-state index contributed by atoms with van der Waals surface area (Å²) in [5.74, 6) is -0.874. The molecule has 0 bridgehead atoms. The lowest BCUT2D eigenvalue weighted by molar-refractivity contribution is 0.0696. The Morgan fingerprint density at radius 3 is 2.65 bits per heavy atom. The largest absolute Gasteiger partial charge is 0.478 e. The molecule has 0 spiro atoms. The number of thiophene rings is 1. The zero-order chi connectivity index (χ0) is 14.5. The summed E-state index contributed by atoms with van der Waals surface area (Å²) in [6.07, 6.45) is 0. The molecule has 0 amide bonds. The van der Waals surface area contributed by atoms with E-state index in [9.17, 15) is 4.79 Å². The average molecular weight is 289 g/mol. The van der Waals surface area contributed by atoms with Gasteiger partial charge >= 0.3 is 5.97 Å². The molecule has 0 aliphatic rings. The van der Waals surface area contributed by atoms with Crippen LogP contribution >= 0.6 is 11.3 Å². The molecule has 0 radical (unpaired) electrons. The highest BCUT2D eigenvalue weighted by atomic mass is 32.1. The van der Waals surface area contributed by atoms with Crippen molar-refractivity contribution < 1.29 is 9.90 Å². The molecule has 106 valence electrons. The maximum Gasteiger partial charge on any atom is 0.335 e. The minimum atomic E-state index is -0.874. The van der Waals surface area contributed by atoms with Crippen molar-refractivity contribution in [2.75, 3.05) is 0 Å². The first-order valence-corrected chi connectivity index (χ1v) is 7.53. The number of nitrogens with zero attached hydrogens (tertiary/aromatic N) is 1. The molecule has 3 nitrogen and oxygen atoms in total. The highest BCUT2D eigenvalue weighted by molar-refractivity contribution is 7.09. The molecule has 1 N–H and O–H groups in total. The Kier molecular flexibility index (Phi) is 4.93. The third-order valence-electron chi connectivity index (χ3n) is 3.23. The second-order valence-corrected chi connectivity index (χ2v) is 6.12. The number of carboxylic acid groups (broad SMARTS) is 1. The van der Waals surface area contributed by atoms with Gasteiger partial charge in [0, 0.05) is 24.0 Å². The lowest BCUT2D eigenvalue weighted by Crippen LogP contribution is -2.29. The minimum Gasteiger partial charge on any atom is -0.478 e. The highest BCUT2D eigenvalue weighted by Crippen LogP contribution is 2.17. The topological polar surface area (TPSA) is 40.5 Å². The summed E-state index contributed by atoms with van der Waals surface area (Å²) in [6.45, 7) is 5.98. The van der Waals surface area contributed by atoms with Crippen molar-refractivity contribution in [3.63, 3.8) is 0 Å². The van der Waals surface area contributed by atoms with Crippen molar-refractivity contribution in [3.8, 4) is 0 Å². The van der Waals surface area contributed by atoms with Gasteiger partial charge < -0.3 is 5.11 Å². The van der Waals surface area contributed by atoms with Gasteiger partial charge in [0.05, 0.1) is 5.56 Å². The Balaban J connectivity index is 2.11. The van der Waals surface area contributed by atoms with Crippen LogP contribution in [0.5, 0.6) is 0 Å². The Morgan fingerprint density at radius 2 is 2.05 bits per heavy atom. The number of carbonyl (C=O) groups is 1. The van der Waals surface area contributed by atoms with Gasteiger partial charge in [0.1, 0.15) is 0 Å². The predicted octanol–water partition coefficient (Wildman–Crippen LogP) is 3.86. The molecule has 1 aromatic carbocycles. The molecule has 0 aliphatic carbocycles. The van der Waals surface area contributed by atoms with E-state index in [2.05, 4.69) is 36.3 Å². The normalized spacial score (nSPS) is 11.2. The van der Waals surface area contributed by atoms with Crippen LogP contribution in [-0.4, -0.2) is 22.0 Å². The molecule has 0 saturated heterocycles. The predicted molar refractivity (Wildman–Crippen MR) is 82.1 cm³/mol. The van der Waals surface area contributed by atoms with Crippen LogP contribution in [0.2, 0.25) is 0 Å². The summed E-state index contributed by atoms with van der Waals surface area (Å²) in [5, 5.41) is 11.1.